The molecular formula is C16H20N2O3. The molecule has 0 radical (unpaired) electrons. The zero-order valence-electron chi connectivity index (χ0n) is 12.1. The molecule has 112 valence electrons. The maximum absolute atomic E-state index is 12.2. The molecule has 1 atom stereocenters. The van der Waals surface area contributed by atoms with Crippen molar-refractivity contribution in [1.29, 1.82) is 0 Å². The molecule has 5 nitrogen and oxygen atoms in total. The lowest BCUT2D eigenvalue weighted by Gasteiger charge is -2.28. The summed E-state index contributed by atoms with van der Waals surface area (Å²) in [6.07, 6.45) is 3.20. The number of rotatable bonds is 4. The molecule has 0 saturated heterocycles. The Balaban J connectivity index is 1.98. The van der Waals surface area contributed by atoms with Gasteiger partial charge in [-0.15, -0.1) is 0 Å². The van der Waals surface area contributed by atoms with Gasteiger partial charge in [0.15, 0.2) is 0 Å². The zero-order valence-corrected chi connectivity index (χ0v) is 12.1. The highest BCUT2D eigenvalue weighted by molar-refractivity contribution is 5.83. The van der Waals surface area contributed by atoms with Crippen molar-refractivity contribution in [2.24, 2.45) is 0 Å². The van der Waals surface area contributed by atoms with Crippen LogP contribution in [-0.4, -0.2) is 41.1 Å². The Labute approximate surface area is 124 Å². The Hall–Kier alpha value is -2.30. The number of nitrogens with zero attached hydrogens (tertiary/aromatic N) is 1. The number of benzene rings is 1. The predicted molar refractivity (Wildman–Crippen MR) is 80.0 cm³/mol. The fraction of sp³-hybridized carbons (Fsp3) is 0.375. The van der Waals surface area contributed by atoms with E-state index in [0.717, 1.165) is 17.6 Å². The normalized spacial score (nSPS) is 16.0. The van der Waals surface area contributed by atoms with E-state index >= 15 is 0 Å². The molecule has 2 N–H and O–H groups in total. The maximum Gasteiger partial charge on any atom is 0.326 e. The first kappa shape index (κ1) is 15.1. The summed E-state index contributed by atoms with van der Waals surface area (Å²) < 4.78 is 0. The molecule has 1 aliphatic rings. The van der Waals surface area contributed by atoms with E-state index in [1.54, 1.807) is 4.90 Å². The molecule has 1 aromatic rings. The van der Waals surface area contributed by atoms with Crippen LogP contribution in [0.2, 0.25) is 0 Å². The Bertz CT molecular complexity index is 540. The van der Waals surface area contributed by atoms with Crippen molar-refractivity contribution in [2.45, 2.75) is 25.8 Å². The minimum atomic E-state index is -1.02. The monoisotopic (exact) mass is 288 g/mol. The van der Waals surface area contributed by atoms with Crippen LogP contribution < -0.4 is 5.32 Å². The average molecular weight is 288 g/mol. The topological polar surface area (TPSA) is 69.6 Å². The van der Waals surface area contributed by atoms with Gasteiger partial charge >= 0.3 is 12.0 Å². The molecule has 5 heteroatoms. The molecule has 1 aromatic carbocycles. The highest BCUT2D eigenvalue weighted by Gasteiger charge is 2.24. The van der Waals surface area contributed by atoms with Gasteiger partial charge in [0, 0.05) is 19.5 Å². The molecule has 0 spiro atoms. The minimum Gasteiger partial charge on any atom is -0.480 e. The third kappa shape index (κ3) is 4.34. The van der Waals surface area contributed by atoms with Gasteiger partial charge in [0.1, 0.15) is 6.04 Å². The Kier molecular flexibility index (Phi) is 4.98. The van der Waals surface area contributed by atoms with Crippen LogP contribution in [-0.2, 0) is 11.2 Å². The molecule has 2 rings (SSSR count). The summed E-state index contributed by atoms with van der Waals surface area (Å²) in [6, 6.07) is 8.08. The summed E-state index contributed by atoms with van der Waals surface area (Å²) in [4.78, 5) is 25.2. The van der Waals surface area contributed by atoms with Gasteiger partial charge in [-0.05, 0) is 18.9 Å². The van der Waals surface area contributed by atoms with Crippen LogP contribution in [0.4, 0.5) is 4.79 Å². The molecule has 1 heterocycles. The number of aliphatic carboxylic acids is 1. The van der Waals surface area contributed by atoms with Gasteiger partial charge < -0.3 is 15.3 Å². The smallest absolute Gasteiger partial charge is 0.326 e. The molecule has 0 saturated carbocycles. The summed E-state index contributed by atoms with van der Waals surface area (Å²) in [5.41, 5.74) is 2.02. The number of urea groups is 1. The van der Waals surface area contributed by atoms with Crippen molar-refractivity contribution in [2.75, 3.05) is 13.1 Å². The fourth-order valence-corrected chi connectivity index (χ4v) is 2.38. The molecule has 0 fully saturated rings. The van der Waals surface area contributed by atoms with E-state index in [-0.39, 0.29) is 12.5 Å². The quantitative estimate of drug-likeness (QED) is 0.833. The molecule has 1 aliphatic heterocycles. The third-order valence-corrected chi connectivity index (χ3v) is 3.50. The number of carbonyl (C=O) groups excluding carboxylic acids is 1. The number of nitrogens with one attached hydrogen (secondary N) is 1. The van der Waals surface area contributed by atoms with Crippen molar-refractivity contribution in [3.63, 3.8) is 0 Å². The summed E-state index contributed by atoms with van der Waals surface area (Å²) >= 11 is 0. The standard InChI is InChI=1S/C16H20N2O3/c1-12-6-5-9-18(11-12)16(21)17-14(15(19)20)10-13-7-3-2-4-8-13/h2-4,6-8,14H,5,9-11H2,1H3,(H,17,21)(H,19,20)/t14-/m0/s1. The number of hydrogen-bond donors (Lipinski definition) is 2. The van der Waals surface area contributed by atoms with Crippen LogP contribution in [0.1, 0.15) is 18.9 Å². The minimum absolute atomic E-state index is 0.282. The van der Waals surface area contributed by atoms with Crippen LogP contribution in [0.5, 0.6) is 0 Å². The van der Waals surface area contributed by atoms with Gasteiger partial charge in [-0.2, -0.15) is 0 Å². The molecule has 0 aliphatic carbocycles. The van der Waals surface area contributed by atoms with E-state index in [0.29, 0.717) is 13.1 Å². The molecular weight excluding hydrogens is 268 g/mol. The third-order valence-electron chi connectivity index (χ3n) is 3.50. The van der Waals surface area contributed by atoms with E-state index in [9.17, 15) is 14.7 Å². The van der Waals surface area contributed by atoms with Crippen molar-refractivity contribution < 1.29 is 14.7 Å². The van der Waals surface area contributed by atoms with Gasteiger partial charge in [0.05, 0.1) is 0 Å². The van der Waals surface area contributed by atoms with Crippen molar-refractivity contribution in [1.82, 2.24) is 10.2 Å². The van der Waals surface area contributed by atoms with E-state index in [1.165, 1.54) is 0 Å². The number of carboxylic acids is 1. The van der Waals surface area contributed by atoms with E-state index in [2.05, 4.69) is 11.4 Å². The first-order valence-corrected chi connectivity index (χ1v) is 7.04. The molecule has 2 amide bonds. The lowest BCUT2D eigenvalue weighted by Crippen LogP contribution is -2.50. The Morgan fingerprint density at radius 3 is 2.67 bits per heavy atom. The first-order valence-electron chi connectivity index (χ1n) is 7.04. The lowest BCUT2D eigenvalue weighted by molar-refractivity contribution is -0.139. The summed E-state index contributed by atoms with van der Waals surface area (Å²) in [5, 5.41) is 11.9. The Morgan fingerprint density at radius 2 is 2.05 bits per heavy atom. The second-order valence-corrected chi connectivity index (χ2v) is 5.29. The fourth-order valence-electron chi connectivity index (χ4n) is 2.38. The first-order chi connectivity index (χ1) is 10.1. The summed E-state index contributed by atoms with van der Waals surface area (Å²) in [7, 11) is 0. The van der Waals surface area contributed by atoms with Gasteiger partial charge in [-0.25, -0.2) is 9.59 Å². The summed E-state index contributed by atoms with van der Waals surface area (Å²) in [6.45, 7) is 3.16. The molecule has 21 heavy (non-hydrogen) atoms. The van der Waals surface area contributed by atoms with Gasteiger partial charge in [0.25, 0.3) is 0 Å². The largest absolute Gasteiger partial charge is 0.480 e. The van der Waals surface area contributed by atoms with Crippen LogP contribution in [0.25, 0.3) is 0 Å². The van der Waals surface area contributed by atoms with Gasteiger partial charge in [-0.3, -0.25) is 0 Å². The van der Waals surface area contributed by atoms with Crippen LogP contribution in [0.3, 0.4) is 0 Å². The number of amides is 2. The number of hydrogen-bond acceptors (Lipinski definition) is 2. The van der Waals surface area contributed by atoms with E-state index in [1.807, 2.05) is 37.3 Å². The van der Waals surface area contributed by atoms with Gasteiger partial charge in [-0.1, -0.05) is 42.0 Å². The second-order valence-electron chi connectivity index (χ2n) is 5.29. The highest BCUT2D eigenvalue weighted by Crippen LogP contribution is 2.10. The van der Waals surface area contributed by atoms with Gasteiger partial charge in [0.2, 0.25) is 0 Å². The maximum atomic E-state index is 12.2. The SMILES string of the molecule is CC1=CCCN(C(=O)N[C@@H](Cc2ccccc2)C(=O)O)C1. The predicted octanol–water partition coefficient (Wildman–Crippen LogP) is 2.04. The highest BCUT2D eigenvalue weighted by atomic mass is 16.4. The lowest BCUT2D eigenvalue weighted by atomic mass is 10.1. The average Bonchev–Trinajstić information content (AvgIpc) is 2.47. The Morgan fingerprint density at radius 1 is 1.33 bits per heavy atom. The van der Waals surface area contributed by atoms with Crippen molar-refractivity contribution >= 4 is 12.0 Å². The molecule has 0 aromatic heterocycles. The van der Waals surface area contributed by atoms with Crippen LogP contribution >= 0.6 is 0 Å². The van der Waals surface area contributed by atoms with Crippen molar-refractivity contribution in [3.8, 4) is 0 Å². The zero-order chi connectivity index (χ0) is 15.2. The van der Waals surface area contributed by atoms with Crippen LogP contribution in [0.15, 0.2) is 42.0 Å². The summed E-state index contributed by atoms with van der Waals surface area (Å²) in [5.74, 6) is -1.02. The molecule has 0 unspecified atom stereocenters. The van der Waals surface area contributed by atoms with E-state index < -0.39 is 12.0 Å². The molecule has 0 bridgehead atoms. The second kappa shape index (κ2) is 6.92. The number of carboxylic acid groups (broad SMARTS) is 1. The van der Waals surface area contributed by atoms with E-state index in [4.69, 9.17) is 0 Å². The number of carbonyl (C=O) groups is 2. The van der Waals surface area contributed by atoms with Crippen molar-refractivity contribution in [3.05, 3.63) is 47.5 Å². The van der Waals surface area contributed by atoms with Crippen LogP contribution in [0, 0.1) is 0 Å².